The van der Waals surface area contributed by atoms with Gasteiger partial charge in [-0.3, -0.25) is 4.90 Å². The number of benzene rings is 1. The van der Waals surface area contributed by atoms with Crippen molar-refractivity contribution >= 4 is 28.6 Å². The Labute approximate surface area is 140 Å². The number of halogens is 1. The minimum Gasteiger partial charge on any atom is -0.367 e. The number of rotatable bonds is 3. The standard InChI is InChI=1S/C16H23IN2O2/c1-16(2,3)15(20)21-19-9-7-18(8-10-19)12-13-5-4-6-14(17)11-13/h4-6,11H,7-10,12H2,1-3H3. The molecule has 0 radical (unpaired) electrons. The third-order valence-electron chi connectivity index (χ3n) is 3.45. The van der Waals surface area contributed by atoms with Crippen molar-refractivity contribution in [1.29, 1.82) is 0 Å². The van der Waals surface area contributed by atoms with Crippen molar-refractivity contribution in [1.82, 2.24) is 9.96 Å². The molecule has 4 nitrogen and oxygen atoms in total. The molecule has 1 fully saturated rings. The number of nitrogens with zero attached hydrogens (tertiary/aromatic N) is 2. The summed E-state index contributed by atoms with van der Waals surface area (Å²) in [5.74, 6) is -0.159. The zero-order chi connectivity index (χ0) is 15.5. The number of hydrogen-bond donors (Lipinski definition) is 0. The van der Waals surface area contributed by atoms with Gasteiger partial charge in [0.2, 0.25) is 0 Å². The van der Waals surface area contributed by atoms with Crippen LogP contribution in [-0.2, 0) is 16.2 Å². The third kappa shape index (κ3) is 5.23. The highest BCUT2D eigenvalue weighted by Crippen LogP contribution is 2.17. The molecule has 116 valence electrons. The molecule has 0 atom stereocenters. The molecule has 1 heterocycles. The van der Waals surface area contributed by atoms with Crippen molar-refractivity contribution in [2.45, 2.75) is 27.3 Å². The lowest BCUT2D eigenvalue weighted by molar-refractivity contribution is -0.207. The van der Waals surface area contributed by atoms with E-state index in [4.69, 9.17) is 4.84 Å². The summed E-state index contributed by atoms with van der Waals surface area (Å²) in [4.78, 5) is 19.7. The van der Waals surface area contributed by atoms with Crippen LogP contribution in [0.4, 0.5) is 0 Å². The maximum Gasteiger partial charge on any atom is 0.330 e. The number of hydrogen-bond acceptors (Lipinski definition) is 4. The molecular formula is C16H23IN2O2. The van der Waals surface area contributed by atoms with Crippen LogP contribution in [0.25, 0.3) is 0 Å². The Hall–Kier alpha value is -0.660. The van der Waals surface area contributed by atoms with Gasteiger partial charge in [-0.25, -0.2) is 4.79 Å². The van der Waals surface area contributed by atoms with Gasteiger partial charge < -0.3 is 4.84 Å². The predicted octanol–water partition coefficient (Wildman–Crippen LogP) is 2.91. The highest BCUT2D eigenvalue weighted by Gasteiger charge is 2.27. The molecule has 0 N–H and O–H groups in total. The largest absolute Gasteiger partial charge is 0.367 e. The molecule has 0 unspecified atom stereocenters. The Kier molecular flexibility index (Phi) is 5.62. The van der Waals surface area contributed by atoms with Crippen LogP contribution < -0.4 is 0 Å². The molecule has 1 aliphatic heterocycles. The Morgan fingerprint density at radius 2 is 1.90 bits per heavy atom. The average molecular weight is 402 g/mol. The quantitative estimate of drug-likeness (QED) is 0.729. The van der Waals surface area contributed by atoms with Crippen molar-refractivity contribution in [2.24, 2.45) is 5.41 Å². The third-order valence-corrected chi connectivity index (χ3v) is 4.12. The fraction of sp³-hybridized carbons (Fsp3) is 0.562. The van der Waals surface area contributed by atoms with Crippen LogP contribution in [0.1, 0.15) is 26.3 Å². The highest BCUT2D eigenvalue weighted by molar-refractivity contribution is 14.1. The van der Waals surface area contributed by atoms with E-state index in [-0.39, 0.29) is 5.97 Å². The summed E-state index contributed by atoms with van der Waals surface area (Å²) in [7, 11) is 0. The molecule has 0 aliphatic carbocycles. The van der Waals surface area contributed by atoms with Crippen molar-refractivity contribution in [3.05, 3.63) is 33.4 Å². The van der Waals surface area contributed by atoms with Crippen LogP contribution in [0.2, 0.25) is 0 Å². The van der Waals surface area contributed by atoms with Gasteiger partial charge in [0.15, 0.2) is 0 Å². The van der Waals surface area contributed by atoms with Gasteiger partial charge in [0.1, 0.15) is 0 Å². The fourth-order valence-corrected chi connectivity index (χ4v) is 2.73. The molecule has 0 bridgehead atoms. The van der Waals surface area contributed by atoms with Gasteiger partial charge in [-0.15, -0.1) is 5.06 Å². The second-order valence-electron chi connectivity index (χ2n) is 6.46. The van der Waals surface area contributed by atoms with Crippen LogP contribution >= 0.6 is 22.6 Å². The Balaban J connectivity index is 1.80. The van der Waals surface area contributed by atoms with Crippen molar-refractivity contribution in [3.8, 4) is 0 Å². The first-order chi connectivity index (χ1) is 9.84. The first-order valence-corrected chi connectivity index (χ1v) is 8.36. The summed E-state index contributed by atoms with van der Waals surface area (Å²) in [6.45, 7) is 9.97. The molecule has 2 rings (SSSR count). The van der Waals surface area contributed by atoms with Gasteiger partial charge in [0, 0.05) is 36.3 Å². The molecule has 1 saturated heterocycles. The summed E-state index contributed by atoms with van der Waals surface area (Å²) in [5.41, 5.74) is 0.889. The number of hydroxylamine groups is 2. The van der Waals surface area contributed by atoms with Crippen LogP contribution in [0.3, 0.4) is 0 Å². The molecule has 1 aliphatic rings. The summed E-state index contributed by atoms with van der Waals surface area (Å²) >= 11 is 2.34. The summed E-state index contributed by atoms with van der Waals surface area (Å²) in [6.07, 6.45) is 0. The van der Waals surface area contributed by atoms with Crippen LogP contribution in [-0.4, -0.2) is 42.1 Å². The predicted molar refractivity (Wildman–Crippen MR) is 91.6 cm³/mol. The molecular weight excluding hydrogens is 379 g/mol. The minimum atomic E-state index is -0.447. The maximum atomic E-state index is 11.9. The van der Waals surface area contributed by atoms with Gasteiger partial charge >= 0.3 is 5.97 Å². The molecule has 1 aromatic carbocycles. The zero-order valence-electron chi connectivity index (χ0n) is 12.9. The van der Waals surface area contributed by atoms with Gasteiger partial charge in [0.05, 0.1) is 5.41 Å². The van der Waals surface area contributed by atoms with Crippen molar-refractivity contribution < 1.29 is 9.63 Å². The van der Waals surface area contributed by atoms with E-state index < -0.39 is 5.41 Å². The van der Waals surface area contributed by atoms with Crippen LogP contribution in [0.15, 0.2) is 24.3 Å². The second kappa shape index (κ2) is 7.07. The number of carbonyl (C=O) groups is 1. The molecule has 1 aromatic rings. The van der Waals surface area contributed by atoms with E-state index >= 15 is 0 Å². The van der Waals surface area contributed by atoms with Crippen molar-refractivity contribution in [2.75, 3.05) is 26.2 Å². The lowest BCUT2D eigenvalue weighted by Gasteiger charge is -2.34. The van der Waals surface area contributed by atoms with E-state index in [0.717, 1.165) is 32.7 Å². The SMILES string of the molecule is CC(C)(C)C(=O)ON1CCN(Cc2cccc(I)c2)CC1. The Morgan fingerprint density at radius 3 is 2.48 bits per heavy atom. The first-order valence-electron chi connectivity index (χ1n) is 7.29. The van der Waals surface area contributed by atoms with Crippen LogP contribution in [0.5, 0.6) is 0 Å². The van der Waals surface area contributed by atoms with E-state index in [9.17, 15) is 4.79 Å². The average Bonchev–Trinajstić information content (AvgIpc) is 2.40. The van der Waals surface area contributed by atoms with Crippen molar-refractivity contribution in [3.63, 3.8) is 0 Å². The van der Waals surface area contributed by atoms with E-state index in [1.54, 1.807) is 5.06 Å². The lowest BCUT2D eigenvalue weighted by Crippen LogP contribution is -2.47. The minimum absolute atomic E-state index is 0.159. The molecule has 0 aromatic heterocycles. The van der Waals surface area contributed by atoms with E-state index in [2.05, 4.69) is 51.8 Å². The van der Waals surface area contributed by atoms with Gasteiger partial charge in [-0.2, -0.15) is 0 Å². The summed E-state index contributed by atoms with van der Waals surface area (Å²) < 4.78 is 1.27. The molecule has 0 amide bonds. The molecule has 5 heteroatoms. The fourth-order valence-electron chi connectivity index (χ4n) is 2.13. The van der Waals surface area contributed by atoms with E-state index in [1.807, 2.05) is 20.8 Å². The first kappa shape index (κ1) is 16.7. The molecule has 0 saturated carbocycles. The van der Waals surface area contributed by atoms with E-state index in [1.165, 1.54) is 9.13 Å². The second-order valence-corrected chi connectivity index (χ2v) is 7.71. The lowest BCUT2D eigenvalue weighted by atomic mass is 9.98. The molecule has 21 heavy (non-hydrogen) atoms. The van der Waals surface area contributed by atoms with Gasteiger partial charge in [0.25, 0.3) is 0 Å². The van der Waals surface area contributed by atoms with Gasteiger partial charge in [-0.05, 0) is 61.1 Å². The Morgan fingerprint density at radius 1 is 1.24 bits per heavy atom. The normalized spacial score (nSPS) is 17.7. The highest BCUT2D eigenvalue weighted by atomic mass is 127. The Bertz CT molecular complexity index is 491. The monoisotopic (exact) mass is 402 g/mol. The maximum absolute atomic E-state index is 11.9. The number of piperazine rings is 1. The van der Waals surface area contributed by atoms with Gasteiger partial charge in [-0.1, -0.05) is 12.1 Å². The van der Waals surface area contributed by atoms with E-state index in [0.29, 0.717) is 0 Å². The summed E-state index contributed by atoms with van der Waals surface area (Å²) in [5, 5.41) is 1.79. The molecule has 0 spiro atoms. The summed E-state index contributed by atoms with van der Waals surface area (Å²) in [6, 6.07) is 8.58. The smallest absolute Gasteiger partial charge is 0.330 e. The topological polar surface area (TPSA) is 32.8 Å². The van der Waals surface area contributed by atoms with Crippen LogP contribution in [0, 0.1) is 8.99 Å². The zero-order valence-corrected chi connectivity index (χ0v) is 15.1. The number of carbonyl (C=O) groups excluding carboxylic acids is 1.